The van der Waals surface area contributed by atoms with Crippen molar-refractivity contribution in [1.29, 1.82) is 5.26 Å². The van der Waals surface area contributed by atoms with Crippen molar-refractivity contribution in [2.75, 3.05) is 5.75 Å². The van der Waals surface area contributed by atoms with Crippen LogP contribution in [-0.4, -0.2) is 5.75 Å². The molecular weight excluding hydrogens is 178 g/mol. The predicted molar refractivity (Wildman–Crippen MR) is 57.4 cm³/mol. The molecule has 0 fully saturated rings. The van der Waals surface area contributed by atoms with E-state index < -0.39 is 0 Å². The Labute approximate surface area is 83.1 Å². The molecular formula is C11H11NS. The molecule has 0 N–H and O–H groups in total. The molecule has 66 valence electrons. The van der Waals surface area contributed by atoms with E-state index in [-0.39, 0.29) is 0 Å². The molecule has 0 aliphatic heterocycles. The van der Waals surface area contributed by atoms with Crippen molar-refractivity contribution in [2.45, 2.75) is 5.75 Å². The molecule has 1 rings (SSSR count). The molecule has 1 aromatic carbocycles. The van der Waals surface area contributed by atoms with E-state index in [0.717, 1.165) is 11.5 Å². The van der Waals surface area contributed by atoms with Crippen molar-refractivity contribution in [2.24, 2.45) is 0 Å². The van der Waals surface area contributed by atoms with Crippen molar-refractivity contribution >= 4 is 11.8 Å². The molecule has 0 saturated carbocycles. The van der Waals surface area contributed by atoms with Gasteiger partial charge in [0.2, 0.25) is 0 Å². The van der Waals surface area contributed by atoms with Gasteiger partial charge in [0.1, 0.15) is 0 Å². The Bertz CT molecular complexity index is 311. The van der Waals surface area contributed by atoms with E-state index in [4.69, 9.17) is 5.26 Å². The van der Waals surface area contributed by atoms with Crippen LogP contribution in [0.5, 0.6) is 0 Å². The largest absolute Gasteiger partial charge is 0.193 e. The van der Waals surface area contributed by atoms with Crippen LogP contribution in [-0.2, 0) is 5.75 Å². The summed E-state index contributed by atoms with van der Waals surface area (Å²) in [7, 11) is 0. The number of nitrogens with zero attached hydrogens (tertiary/aromatic N) is 1. The van der Waals surface area contributed by atoms with Gasteiger partial charge in [-0.15, -0.1) is 0 Å². The first kappa shape index (κ1) is 9.88. The molecule has 0 heterocycles. The van der Waals surface area contributed by atoms with Crippen LogP contribution in [0.25, 0.3) is 0 Å². The highest BCUT2D eigenvalue weighted by Crippen LogP contribution is 2.13. The summed E-state index contributed by atoms with van der Waals surface area (Å²) in [6.07, 6.45) is 0. The van der Waals surface area contributed by atoms with Crippen LogP contribution >= 0.6 is 11.8 Å². The lowest BCUT2D eigenvalue weighted by molar-refractivity contribution is 1.40. The zero-order valence-electron chi connectivity index (χ0n) is 7.36. The molecule has 0 aromatic heterocycles. The topological polar surface area (TPSA) is 23.8 Å². The van der Waals surface area contributed by atoms with E-state index in [0.29, 0.717) is 5.57 Å². The number of nitriles is 1. The van der Waals surface area contributed by atoms with Crippen molar-refractivity contribution in [1.82, 2.24) is 0 Å². The van der Waals surface area contributed by atoms with E-state index in [1.165, 1.54) is 5.56 Å². The molecule has 1 aromatic rings. The van der Waals surface area contributed by atoms with Gasteiger partial charge in [-0.1, -0.05) is 36.9 Å². The highest BCUT2D eigenvalue weighted by atomic mass is 32.2. The Hall–Kier alpha value is -1.20. The van der Waals surface area contributed by atoms with Gasteiger partial charge in [0.25, 0.3) is 0 Å². The van der Waals surface area contributed by atoms with Crippen LogP contribution in [0.4, 0.5) is 0 Å². The molecule has 0 amide bonds. The fraction of sp³-hybridized carbons (Fsp3) is 0.182. The number of benzene rings is 1. The van der Waals surface area contributed by atoms with Gasteiger partial charge in [-0.05, 0) is 5.56 Å². The lowest BCUT2D eigenvalue weighted by atomic mass is 10.2. The third-order valence-electron chi connectivity index (χ3n) is 1.55. The maximum Gasteiger partial charge on any atom is 0.0949 e. The number of thioether (sulfide) groups is 1. The van der Waals surface area contributed by atoms with E-state index in [1.54, 1.807) is 11.8 Å². The van der Waals surface area contributed by atoms with Gasteiger partial charge in [-0.3, -0.25) is 0 Å². The summed E-state index contributed by atoms with van der Waals surface area (Å²) in [5.41, 5.74) is 1.93. The summed E-state index contributed by atoms with van der Waals surface area (Å²) in [5.74, 6) is 1.67. The molecule has 0 atom stereocenters. The Kier molecular flexibility index (Phi) is 4.14. The fourth-order valence-corrected chi connectivity index (χ4v) is 1.74. The molecule has 0 aliphatic rings. The van der Waals surface area contributed by atoms with Crippen molar-refractivity contribution in [3.05, 3.63) is 48.0 Å². The number of rotatable bonds is 4. The first-order chi connectivity index (χ1) is 6.33. The third-order valence-corrected chi connectivity index (χ3v) is 2.64. The smallest absolute Gasteiger partial charge is 0.0949 e. The zero-order valence-corrected chi connectivity index (χ0v) is 8.18. The molecule has 13 heavy (non-hydrogen) atoms. The molecule has 0 radical (unpaired) electrons. The van der Waals surface area contributed by atoms with Crippen LogP contribution in [0.2, 0.25) is 0 Å². The van der Waals surface area contributed by atoms with E-state index in [2.05, 4.69) is 18.7 Å². The van der Waals surface area contributed by atoms with Crippen molar-refractivity contribution in [3.8, 4) is 6.07 Å². The Morgan fingerprint density at radius 2 is 2.08 bits per heavy atom. The van der Waals surface area contributed by atoms with E-state index in [9.17, 15) is 0 Å². The second-order valence-corrected chi connectivity index (χ2v) is 3.68. The molecule has 0 bridgehead atoms. The van der Waals surface area contributed by atoms with Gasteiger partial charge >= 0.3 is 0 Å². The predicted octanol–water partition coefficient (Wildman–Crippen LogP) is 3.00. The van der Waals surface area contributed by atoms with Crippen LogP contribution in [0.3, 0.4) is 0 Å². The maximum atomic E-state index is 8.47. The lowest BCUT2D eigenvalue weighted by Crippen LogP contribution is -1.84. The molecule has 2 heteroatoms. The average molecular weight is 189 g/mol. The first-order valence-electron chi connectivity index (χ1n) is 4.02. The normalized spacial score (nSPS) is 9.15. The second-order valence-electron chi connectivity index (χ2n) is 2.69. The standard InChI is InChI=1S/C11H11NS/c1-10(7-12)8-13-9-11-5-3-2-4-6-11/h2-6H,1,8-9H2. The molecule has 0 saturated heterocycles. The first-order valence-corrected chi connectivity index (χ1v) is 5.18. The SMILES string of the molecule is C=C(C#N)CSCc1ccccc1. The summed E-state index contributed by atoms with van der Waals surface area (Å²) < 4.78 is 0. The van der Waals surface area contributed by atoms with Crippen molar-refractivity contribution < 1.29 is 0 Å². The van der Waals surface area contributed by atoms with Gasteiger partial charge in [0, 0.05) is 17.1 Å². The summed E-state index contributed by atoms with van der Waals surface area (Å²) >= 11 is 1.72. The molecule has 0 spiro atoms. The number of hydrogen-bond acceptors (Lipinski definition) is 2. The van der Waals surface area contributed by atoms with Gasteiger partial charge < -0.3 is 0 Å². The van der Waals surface area contributed by atoms with Crippen molar-refractivity contribution in [3.63, 3.8) is 0 Å². The highest BCUT2D eigenvalue weighted by Gasteiger charge is 1.94. The minimum absolute atomic E-state index is 0.640. The minimum atomic E-state index is 0.640. The van der Waals surface area contributed by atoms with Crippen LogP contribution in [0, 0.1) is 11.3 Å². The van der Waals surface area contributed by atoms with Gasteiger partial charge in [0.15, 0.2) is 0 Å². The third kappa shape index (κ3) is 3.82. The average Bonchev–Trinajstić information content (AvgIpc) is 2.19. The lowest BCUT2D eigenvalue weighted by Gasteiger charge is -1.99. The molecule has 0 unspecified atom stereocenters. The van der Waals surface area contributed by atoms with Crippen LogP contribution in [0.1, 0.15) is 5.56 Å². The monoisotopic (exact) mass is 189 g/mol. The number of hydrogen-bond donors (Lipinski definition) is 0. The minimum Gasteiger partial charge on any atom is -0.193 e. The Morgan fingerprint density at radius 1 is 1.38 bits per heavy atom. The van der Waals surface area contributed by atoms with E-state index in [1.807, 2.05) is 24.3 Å². The summed E-state index contributed by atoms with van der Waals surface area (Å²) in [6.45, 7) is 3.62. The maximum absolute atomic E-state index is 8.47. The fourth-order valence-electron chi connectivity index (χ4n) is 0.899. The molecule has 1 nitrogen and oxygen atoms in total. The second kappa shape index (κ2) is 5.45. The summed E-state index contributed by atoms with van der Waals surface area (Å²) in [4.78, 5) is 0. The molecule has 0 aliphatic carbocycles. The van der Waals surface area contributed by atoms with Gasteiger partial charge in [-0.2, -0.15) is 17.0 Å². The van der Waals surface area contributed by atoms with Crippen LogP contribution in [0.15, 0.2) is 42.5 Å². The van der Waals surface area contributed by atoms with Gasteiger partial charge in [-0.25, -0.2) is 0 Å². The van der Waals surface area contributed by atoms with E-state index >= 15 is 0 Å². The van der Waals surface area contributed by atoms with Crippen LogP contribution < -0.4 is 0 Å². The Balaban J connectivity index is 2.29. The quantitative estimate of drug-likeness (QED) is 0.680. The Morgan fingerprint density at radius 3 is 2.69 bits per heavy atom. The highest BCUT2D eigenvalue weighted by molar-refractivity contribution is 7.98. The summed E-state index contributed by atoms with van der Waals surface area (Å²) in [6, 6.07) is 12.3. The summed E-state index contributed by atoms with van der Waals surface area (Å²) in [5, 5.41) is 8.47. The zero-order chi connectivity index (χ0) is 9.52. The van der Waals surface area contributed by atoms with Gasteiger partial charge in [0.05, 0.1) is 6.07 Å².